The van der Waals surface area contributed by atoms with Crippen LogP contribution in [0.15, 0.2) is 36.5 Å². The Balaban J connectivity index is 1.66. The normalized spacial score (nSPS) is 16.3. The average molecular weight is 326 g/mol. The van der Waals surface area contributed by atoms with Gasteiger partial charge in [0.05, 0.1) is 5.92 Å². The predicted octanol–water partition coefficient (Wildman–Crippen LogP) is 2.08. The van der Waals surface area contributed by atoms with Gasteiger partial charge in [0, 0.05) is 18.8 Å². The van der Waals surface area contributed by atoms with Crippen molar-refractivity contribution in [3.8, 4) is 0 Å². The van der Waals surface area contributed by atoms with Gasteiger partial charge in [0.1, 0.15) is 6.54 Å². The first kappa shape index (κ1) is 16.2. The number of rotatable bonds is 5. The van der Waals surface area contributed by atoms with Gasteiger partial charge in [-0.2, -0.15) is 5.10 Å². The van der Waals surface area contributed by atoms with Crippen LogP contribution >= 0.6 is 0 Å². The largest absolute Gasteiger partial charge is 0.355 e. The minimum absolute atomic E-state index is 0.0367. The Morgan fingerprint density at radius 3 is 2.96 bits per heavy atom. The summed E-state index contributed by atoms with van der Waals surface area (Å²) in [6.07, 6.45) is 4.59. The van der Waals surface area contributed by atoms with E-state index in [1.165, 1.54) is 10.2 Å². The Kier molecular flexibility index (Phi) is 4.93. The monoisotopic (exact) mass is 326 g/mol. The van der Waals surface area contributed by atoms with E-state index in [9.17, 15) is 9.59 Å². The number of aryl methyl sites for hydroxylation is 1. The highest BCUT2D eigenvalue weighted by atomic mass is 16.2. The van der Waals surface area contributed by atoms with E-state index in [0.29, 0.717) is 12.4 Å². The van der Waals surface area contributed by atoms with E-state index in [1.807, 2.05) is 25.1 Å². The van der Waals surface area contributed by atoms with Crippen LogP contribution in [0.4, 0.5) is 5.82 Å². The van der Waals surface area contributed by atoms with Gasteiger partial charge in [0.15, 0.2) is 5.82 Å². The zero-order valence-electron chi connectivity index (χ0n) is 13.8. The summed E-state index contributed by atoms with van der Waals surface area (Å²) < 4.78 is 1.52. The second-order valence-electron chi connectivity index (χ2n) is 5.98. The molecule has 6 nitrogen and oxygen atoms in total. The van der Waals surface area contributed by atoms with Gasteiger partial charge >= 0.3 is 0 Å². The van der Waals surface area contributed by atoms with E-state index in [-0.39, 0.29) is 24.3 Å². The molecule has 0 spiro atoms. The predicted molar refractivity (Wildman–Crippen MR) is 91.7 cm³/mol. The molecule has 1 atom stereocenters. The number of fused-ring (bicyclic) bond motifs is 1. The Morgan fingerprint density at radius 1 is 1.29 bits per heavy atom. The molecule has 0 radical (unpaired) electrons. The number of carbonyl (C=O) groups is 2. The number of hydrogen-bond donors (Lipinski definition) is 2. The maximum atomic E-state index is 12.6. The van der Waals surface area contributed by atoms with Crippen LogP contribution in [0.3, 0.4) is 0 Å². The topological polar surface area (TPSA) is 76.0 Å². The Labute approximate surface area is 141 Å². The van der Waals surface area contributed by atoms with Crippen LogP contribution in [0.2, 0.25) is 0 Å². The number of benzene rings is 1. The van der Waals surface area contributed by atoms with Crippen molar-refractivity contribution in [2.45, 2.75) is 38.6 Å². The van der Waals surface area contributed by atoms with Crippen LogP contribution in [0.1, 0.15) is 36.8 Å². The fourth-order valence-electron chi connectivity index (χ4n) is 3.16. The van der Waals surface area contributed by atoms with Crippen molar-refractivity contribution in [3.63, 3.8) is 0 Å². The standard InChI is InChI=1S/C18H22N4O2/c1-2-19-17(23)12-22-11-10-16(21-22)20-18(24)15-9-5-7-13-6-3-4-8-14(13)15/h3-4,6,8,10-11,15H,2,5,7,9,12H2,1H3,(H,19,23)(H,20,21,24). The number of hydrogen-bond acceptors (Lipinski definition) is 3. The third kappa shape index (κ3) is 3.64. The summed E-state index contributed by atoms with van der Waals surface area (Å²) in [5.41, 5.74) is 2.37. The molecule has 1 heterocycles. The Morgan fingerprint density at radius 2 is 2.12 bits per heavy atom. The van der Waals surface area contributed by atoms with E-state index >= 15 is 0 Å². The van der Waals surface area contributed by atoms with Crippen molar-refractivity contribution in [1.29, 1.82) is 0 Å². The molecular weight excluding hydrogens is 304 g/mol. The molecule has 0 fully saturated rings. The Hall–Kier alpha value is -2.63. The molecule has 2 aromatic rings. The van der Waals surface area contributed by atoms with Crippen LogP contribution in [-0.4, -0.2) is 28.1 Å². The highest BCUT2D eigenvalue weighted by Crippen LogP contribution is 2.32. The number of likely N-dealkylation sites (N-methyl/N-ethyl adjacent to an activating group) is 1. The third-order valence-corrected chi connectivity index (χ3v) is 4.26. The number of nitrogens with one attached hydrogen (secondary N) is 2. The second-order valence-corrected chi connectivity index (χ2v) is 5.98. The summed E-state index contributed by atoms with van der Waals surface area (Å²) in [7, 11) is 0. The summed E-state index contributed by atoms with van der Waals surface area (Å²) >= 11 is 0. The Bertz CT molecular complexity index is 738. The van der Waals surface area contributed by atoms with Crippen LogP contribution in [0.25, 0.3) is 0 Å². The summed E-state index contributed by atoms with van der Waals surface area (Å²) in [6, 6.07) is 9.84. The molecule has 0 aliphatic heterocycles. The quantitative estimate of drug-likeness (QED) is 0.883. The first-order valence-corrected chi connectivity index (χ1v) is 8.36. The van der Waals surface area contributed by atoms with Gasteiger partial charge in [0.25, 0.3) is 0 Å². The van der Waals surface area contributed by atoms with E-state index in [2.05, 4.69) is 21.8 Å². The average Bonchev–Trinajstić information content (AvgIpc) is 3.01. The number of nitrogens with zero attached hydrogens (tertiary/aromatic N) is 2. The van der Waals surface area contributed by atoms with Crippen molar-refractivity contribution in [2.24, 2.45) is 0 Å². The fraction of sp³-hybridized carbons (Fsp3) is 0.389. The first-order chi connectivity index (χ1) is 11.7. The molecular formula is C18H22N4O2. The maximum Gasteiger partial charge on any atom is 0.241 e. The van der Waals surface area contributed by atoms with Gasteiger partial charge < -0.3 is 10.6 Å². The van der Waals surface area contributed by atoms with Crippen LogP contribution in [-0.2, 0) is 22.6 Å². The van der Waals surface area contributed by atoms with Crippen molar-refractivity contribution in [2.75, 3.05) is 11.9 Å². The van der Waals surface area contributed by atoms with E-state index in [4.69, 9.17) is 0 Å². The smallest absolute Gasteiger partial charge is 0.241 e. The first-order valence-electron chi connectivity index (χ1n) is 8.36. The van der Waals surface area contributed by atoms with Crippen molar-refractivity contribution < 1.29 is 9.59 Å². The summed E-state index contributed by atoms with van der Waals surface area (Å²) in [6.45, 7) is 2.61. The number of carbonyl (C=O) groups excluding carboxylic acids is 2. The molecule has 0 saturated heterocycles. The zero-order chi connectivity index (χ0) is 16.9. The molecule has 2 amide bonds. The molecule has 126 valence electrons. The van der Waals surface area contributed by atoms with Gasteiger partial charge in [-0.25, -0.2) is 0 Å². The third-order valence-electron chi connectivity index (χ3n) is 4.26. The summed E-state index contributed by atoms with van der Waals surface area (Å²) in [5, 5.41) is 9.84. The SMILES string of the molecule is CCNC(=O)Cn1ccc(NC(=O)C2CCCc3ccccc32)n1. The highest BCUT2D eigenvalue weighted by Gasteiger charge is 2.26. The van der Waals surface area contributed by atoms with Gasteiger partial charge in [-0.3, -0.25) is 14.3 Å². The van der Waals surface area contributed by atoms with Gasteiger partial charge in [-0.1, -0.05) is 24.3 Å². The molecule has 24 heavy (non-hydrogen) atoms. The molecule has 1 aromatic heterocycles. The lowest BCUT2D eigenvalue weighted by Crippen LogP contribution is -2.27. The van der Waals surface area contributed by atoms with Crippen molar-refractivity contribution in [3.05, 3.63) is 47.7 Å². The fourth-order valence-corrected chi connectivity index (χ4v) is 3.16. The van der Waals surface area contributed by atoms with E-state index in [1.54, 1.807) is 12.3 Å². The summed E-state index contributed by atoms with van der Waals surface area (Å²) in [4.78, 5) is 24.2. The van der Waals surface area contributed by atoms with Gasteiger partial charge in [-0.05, 0) is 37.3 Å². The van der Waals surface area contributed by atoms with Crippen LogP contribution < -0.4 is 10.6 Å². The lowest BCUT2D eigenvalue weighted by Gasteiger charge is -2.24. The lowest BCUT2D eigenvalue weighted by molar-refractivity contribution is -0.121. The van der Waals surface area contributed by atoms with E-state index in [0.717, 1.165) is 24.8 Å². The minimum Gasteiger partial charge on any atom is -0.355 e. The maximum absolute atomic E-state index is 12.6. The molecule has 2 N–H and O–H groups in total. The van der Waals surface area contributed by atoms with Gasteiger partial charge in [0.2, 0.25) is 11.8 Å². The molecule has 1 unspecified atom stereocenters. The van der Waals surface area contributed by atoms with Gasteiger partial charge in [-0.15, -0.1) is 0 Å². The summed E-state index contributed by atoms with van der Waals surface area (Å²) in [5.74, 6) is 0.209. The van der Waals surface area contributed by atoms with Crippen LogP contribution in [0.5, 0.6) is 0 Å². The molecule has 0 saturated carbocycles. The van der Waals surface area contributed by atoms with Crippen molar-refractivity contribution in [1.82, 2.24) is 15.1 Å². The van der Waals surface area contributed by atoms with E-state index < -0.39 is 0 Å². The number of amides is 2. The molecule has 1 aliphatic rings. The molecule has 6 heteroatoms. The number of anilines is 1. The number of aromatic nitrogens is 2. The molecule has 0 bridgehead atoms. The highest BCUT2D eigenvalue weighted by molar-refractivity contribution is 5.95. The zero-order valence-corrected chi connectivity index (χ0v) is 13.8. The second kappa shape index (κ2) is 7.29. The lowest BCUT2D eigenvalue weighted by atomic mass is 9.82. The van der Waals surface area contributed by atoms with Crippen molar-refractivity contribution >= 4 is 17.6 Å². The molecule has 1 aliphatic carbocycles. The molecule has 3 rings (SSSR count). The van der Waals surface area contributed by atoms with Crippen LogP contribution in [0, 0.1) is 0 Å². The minimum atomic E-state index is -0.136. The molecule has 1 aromatic carbocycles.